The van der Waals surface area contributed by atoms with Crippen molar-refractivity contribution >= 4 is 11.8 Å². The summed E-state index contributed by atoms with van der Waals surface area (Å²) >= 11 is 0. The third kappa shape index (κ3) is 4.70. The fourth-order valence-electron chi connectivity index (χ4n) is 3.41. The summed E-state index contributed by atoms with van der Waals surface area (Å²) < 4.78 is 0. The highest BCUT2D eigenvalue weighted by Crippen LogP contribution is 2.25. The van der Waals surface area contributed by atoms with Gasteiger partial charge in [0.05, 0.1) is 6.54 Å². The largest absolute Gasteiger partial charge is 0.347 e. The monoisotopic (exact) mass is 295 g/mol. The van der Waals surface area contributed by atoms with Gasteiger partial charge in [0.25, 0.3) is 0 Å². The third-order valence-corrected chi connectivity index (χ3v) is 4.99. The molecule has 5 heteroatoms. The molecular weight excluding hydrogens is 266 g/mol. The number of hydrogen-bond donors (Lipinski definition) is 2. The van der Waals surface area contributed by atoms with Crippen molar-refractivity contribution in [3.8, 4) is 0 Å². The van der Waals surface area contributed by atoms with Gasteiger partial charge in [-0.3, -0.25) is 9.59 Å². The summed E-state index contributed by atoms with van der Waals surface area (Å²) in [5, 5.41) is 6.17. The Morgan fingerprint density at radius 3 is 2.62 bits per heavy atom. The van der Waals surface area contributed by atoms with E-state index >= 15 is 0 Å². The molecule has 0 spiro atoms. The lowest BCUT2D eigenvalue weighted by Gasteiger charge is -2.38. The number of nitrogens with zero attached hydrogens (tertiary/aromatic N) is 1. The summed E-state index contributed by atoms with van der Waals surface area (Å²) in [5.41, 5.74) is 0. The van der Waals surface area contributed by atoms with Crippen molar-refractivity contribution in [3.05, 3.63) is 0 Å². The lowest BCUT2D eigenvalue weighted by atomic mass is 9.87. The summed E-state index contributed by atoms with van der Waals surface area (Å²) in [5.74, 6) is 0.589. The lowest BCUT2D eigenvalue weighted by molar-refractivity contribution is -0.136. The van der Waals surface area contributed by atoms with Gasteiger partial charge in [-0.2, -0.15) is 0 Å². The Morgan fingerprint density at radius 1 is 1.19 bits per heavy atom. The average molecular weight is 295 g/mol. The van der Waals surface area contributed by atoms with Crippen LogP contribution in [0, 0.1) is 5.92 Å². The minimum atomic E-state index is 0.0334. The minimum Gasteiger partial charge on any atom is -0.347 e. The van der Waals surface area contributed by atoms with Gasteiger partial charge in [-0.05, 0) is 32.6 Å². The van der Waals surface area contributed by atoms with Gasteiger partial charge in [-0.25, -0.2) is 0 Å². The zero-order valence-electron chi connectivity index (χ0n) is 13.4. The molecule has 2 amide bonds. The Bertz CT molecular complexity index is 367. The SMILES string of the molecule is CC1NCCN(C(=O)CNC(=O)CC2CCCCC2)C1C. The Morgan fingerprint density at radius 2 is 1.90 bits per heavy atom. The number of piperazine rings is 1. The van der Waals surface area contributed by atoms with Gasteiger partial charge >= 0.3 is 0 Å². The fraction of sp³-hybridized carbons (Fsp3) is 0.875. The van der Waals surface area contributed by atoms with Crippen molar-refractivity contribution in [1.29, 1.82) is 0 Å². The molecule has 1 saturated heterocycles. The summed E-state index contributed by atoms with van der Waals surface area (Å²) in [7, 11) is 0. The number of carbonyl (C=O) groups is 2. The highest BCUT2D eigenvalue weighted by Gasteiger charge is 2.28. The Balaban J connectivity index is 1.71. The molecule has 5 nitrogen and oxygen atoms in total. The van der Waals surface area contributed by atoms with Crippen LogP contribution in [0.1, 0.15) is 52.4 Å². The summed E-state index contributed by atoms with van der Waals surface area (Å²) in [6.07, 6.45) is 6.69. The maximum atomic E-state index is 12.2. The second-order valence-corrected chi connectivity index (χ2v) is 6.56. The molecule has 1 aliphatic carbocycles. The second kappa shape index (κ2) is 7.78. The number of nitrogens with one attached hydrogen (secondary N) is 2. The predicted octanol–water partition coefficient (Wildman–Crippen LogP) is 1.28. The van der Waals surface area contributed by atoms with Crippen LogP contribution < -0.4 is 10.6 Å². The van der Waals surface area contributed by atoms with E-state index in [0.717, 1.165) is 25.9 Å². The molecule has 0 bridgehead atoms. The van der Waals surface area contributed by atoms with Gasteiger partial charge in [0.15, 0.2) is 0 Å². The van der Waals surface area contributed by atoms with Crippen molar-refractivity contribution in [2.45, 2.75) is 64.5 Å². The maximum absolute atomic E-state index is 12.2. The van der Waals surface area contributed by atoms with Gasteiger partial charge in [-0.15, -0.1) is 0 Å². The molecule has 2 atom stereocenters. The van der Waals surface area contributed by atoms with E-state index in [4.69, 9.17) is 0 Å². The molecule has 0 aromatic rings. The number of rotatable bonds is 4. The van der Waals surface area contributed by atoms with Crippen molar-refractivity contribution < 1.29 is 9.59 Å². The Labute approximate surface area is 127 Å². The van der Waals surface area contributed by atoms with E-state index in [1.807, 2.05) is 4.90 Å². The van der Waals surface area contributed by atoms with Crippen LogP contribution in [0.2, 0.25) is 0 Å². The Kier molecular flexibility index (Phi) is 6.03. The first-order valence-corrected chi connectivity index (χ1v) is 8.37. The van der Waals surface area contributed by atoms with Crippen LogP contribution in [0.15, 0.2) is 0 Å². The predicted molar refractivity (Wildman–Crippen MR) is 82.8 cm³/mol. The van der Waals surface area contributed by atoms with Gasteiger partial charge in [0.1, 0.15) is 0 Å². The smallest absolute Gasteiger partial charge is 0.242 e. The molecule has 0 aromatic heterocycles. The molecule has 120 valence electrons. The minimum absolute atomic E-state index is 0.0334. The van der Waals surface area contributed by atoms with Gasteiger partial charge in [0.2, 0.25) is 11.8 Å². The molecule has 1 aliphatic heterocycles. The standard InChI is InChI=1S/C16H29N3O2/c1-12-13(2)19(9-8-17-12)16(21)11-18-15(20)10-14-6-4-3-5-7-14/h12-14,17H,3-11H2,1-2H3,(H,18,20). The highest BCUT2D eigenvalue weighted by molar-refractivity contribution is 5.85. The van der Waals surface area contributed by atoms with Crippen LogP contribution in [0.5, 0.6) is 0 Å². The van der Waals surface area contributed by atoms with Crippen LogP contribution in [0.3, 0.4) is 0 Å². The average Bonchev–Trinajstić information content (AvgIpc) is 2.48. The van der Waals surface area contributed by atoms with Crippen molar-refractivity contribution in [2.24, 2.45) is 5.92 Å². The van der Waals surface area contributed by atoms with E-state index in [-0.39, 0.29) is 24.4 Å². The van der Waals surface area contributed by atoms with E-state index in [1.54, 1.807) is 0 Å². The van der Waals surface area contributed by atoms with Crippen LogP contribution in [-0.2, 0) is 9.59 Å². The molecule has 0 radical (unpaired) electrons. The summed E-state index contributed by atoms with van der Waals surface area (Å²) in [4.78, 5) is 26.1. The first kappa shape index (κ1) is 16.3. The van der Waals surface area contributed by atoms with E-state index in [1.165, 1.54) is 19.3 Å². The fourth-order valence-corrected chi connectivity index (χ4v) is 3.41. The van der Waals surface area contributed by atoms with Crippen LogP contribution in [-0.4, -0.2) is 48.4 Å². The normalized spacial score (nSPS) is 27.4. The number of carbonyl (C=O) groups excluding carboxylic acids is 2. The molecule has 2 N–H and O–H groups in total. The van der Waals surface area contributed by atoms with E-state index in [0.29, 0.717) is 18.4 Å². The first-order valence-electron chi connectivity index (χ1n) is 8.37. The van der Waals surface area contributed by atoms with Gasteiger partial charge in [0, 0.05) is 31.6 Å². The van der Waals surface area contributed by atoms with E-state index in [9.17, 15) is 9.59 Å². The van der Waals surface area contributed by atoms with Crippen LogP contribution >= 0.6 is 0 Å². The second-order valence-electron chi connectivity index (χ2n) is 6.56. The molecule has 21 heavy (non-hydrogen) atoms. The molecular formula is C16H29N3O2. The zero-order valence-corrected chi connectivity index (χ0v) is 13.4. The molecule has 2 rings (SSSR count). The lowest BCUT2D eigenvalue weighted by Crippen LogP contribution is -2.58. The molecule has 2 aliphatic rings. The topological polar surface area (TPSA) is 61.4 Å². The Hall–Kier alpha value is -1.10. The zero-order chi connectivity index (χ0) is 15.2. The molecule has 2 unspecified atom stereocenters. The van der Waals surface area contributed by atoms with Crippen molar-refractivity contribution in [1.82, 2.24) is 15.5 Å². The molecule has 1 saturated carbocycles. The van der Waals surface area contributed by atoms with E-state index in [2.05, 4.69) is 24.5 Å². The quantitative estimate of drug-likeness (QED) is 0.821. The van der Waals surface area contributed by atoms with E-state index < -0.39 is 0 Å². The van der Waals surface area contributed by atoms with Crippen molar-refractivity contribution in [2.75, 3.05) is 19.6 Å². The van der Waals surface area contributed by atoms with Crippen LogP contribution in [0.4, 0.5) is 0 Å². The summed E-state index contributed by atoms with van der Waals surface area (Å²) in [6, 6.07) is 0.488. The van der Waals surface area contributed by atoms with Gasteiger partial charge in [-0.1, -0.05) is 19.3 Å². The van der Waals surface area contributed by atoms with Crippen LogP contribution in [0.25, 0.3) is 0 Å². The molecule has 0 aromatic carbocycles. The van der Waals surface area contributed by atoms with Gasteiger partial charge < -0.3 is 15.5 Å². The highest BCUT2D eigenvalue weighted by atomic mass is 16.2. The number of amides is 2. The first-order chi connectivity index (χ1) is 10.1. The number of hydrogen-bond acceptors (Lipinski definition) is 3. The molecule has 2 fully saturated rings. The van der Waals surface area contributed by atoms with Crippen molar-refractivity contribution in [3.63, 3.8) is 0 Å². The third-order valence-electron chi connectivity index (χ3n) is 4.99. The summed E-state index contributed by atoms with van der Waals surface area (Å²) in [6.45, 7) is 5.84. The maximum Gasteiger partial charge on any atom is 0.242 e. The molecule has 1 heterocycles.